The van der Waals surface area contributed by atoms with E-state index in [1.54, 1.807) is 0 Å². The van der Waals surface area contributed by atoms with Gasteiger partial charge in [0.15, 0.2) is 0 Å². The standard InChI is InChI=1S/C30H52BNO4Si2/c1-20-21(15-14-16-23(20)27(33)34-28(2,3)4)17-26(32(37(8,9)10)38(11,12)13)31-35-25-19-22-18-24(29(22,5)6)30(25,7)36-31/h14-16,22,24-26H,17-19H2,1-13H3/t22-,24-,25+,26-,30-/m0/s1. The van der Waals surface area contributed by atoms with Crippen molar-refractivity contribution in [2.24, 2.45) is 17.3 Å². The van der Waals surface area contributed by atoms with Crippen LogP contribution in [0.25, 0.3) is 0 Å². The predicted molar refractivity (Wildman–Crippen MR) is 162 cm³/mol. The van der Waals surface area contributed by atoms with Crippen LogP contribution in [0, 0.1) is 24.2 Å². The zero-order valence-electron chi connectivity index (χ0n) is 26.3. The molecule has 2 bridgehead atoms. The molecule has 1 aromatic carbocycles. The highest BCUT2D eigenvalue weighted by Gasteiger charge is 2.69. The Hall–Kier alpha value is -0.931. The first-order valence-corrected chi connectivity index (χ1v) is 21.5. The number of benzene rings is 1. The van der Waals surface area contributed by atoms with Gasteiger partial charge in [0.1, 0.15) is 22.1 Å². The molecule has 3 saturated carbocycles. The number of nitrogens with zero attached hydrogens (tertiary/aromatic N) is 1. The third-order valence-corrected chi connectivity index (χ3v) is 17.1. The Morgan fingerprint density at radius 1 is 1.11 bits per heavy atom. The van der Waals surface area contributed by atoms with Gasteiger partial charge in [-0.2, -0.15) is 0 Å². The highest BCUT2D eigenvalue weighted by atomic mass is 28.4. The van der Waals surface area contributed by atoms with E-state index in [1.165, 1.54) is 12.0 Å². The van der Waals surface area contributed by atoms with E-state index in [0.29, 0.717) is 16.9 Å². The average molecular weight is 558 g/mol. The maximum Gasteiger partial charge on any atom is 0.475 e. The van der Waals surface area contributed by atoms with E-state index in [9.17, 15) is 4.79 Å². The van der Waals surface area contributed by atoms with Gasteiger partial charge < -0.3 is 18.3 Å². The molecule has 8 heteroatoms. The van der Waals surface area contributed by atoms with Gasteiger partial charge in [0.2, 0.25) is 0 Å². The monoisotopic (exact) mass is 557 g/mol. The molecule has 5 rings (SSSR count). The molecule has 0 radical (unpaired) electrons. The summed E-state index contributed by atoms with van der Waals surface area (Å²) in [6.07, 6.45) is 3.30. The van der Waals surface area contributed by atoms with Crippen LogP contribution in [-0.2, 0) is 20.5 Å². The van der Waals surface area contributed by atoms with Crippen LogP contribution in [0.3, 0.4) is 0 Å². The molecule has 5 atom stereocenters. The summed E-state index contributed by atoms with van der Waals surface area (Å²) in [5.41, 5.74) is 2.38. The van der Waals surface area contributed by atoms with E-state index >= 15 is 0 Å². The van der Waals surface area contributed by atoms with Crippen molar-refractivity contribution in [3.63, 3.8) is 0 Å². The topological polar surface area (TPSA) is 48.0 Å². The summed E-state index contributed by atoms with van der Waals surface area (Å²) in [6.45, 7) is 29.7. The molecule has 38 heavy (non-hydrogen) atoms. The molecule has 5 nitrogen and oxygen atoms in total. The second-order valence-corrected chi connectivity index (χ2v) is 26.0. The number of esters is 1. The Bertz CT molecular complexity index is 1060. The minimum absolute atomic E-state index is 0.101. The second-order valence-electron chi connectivity index (χ2n) is 15.9. The summed E-state index contributed by atoms with van der Waals surface area (Å²) in [5, 5.41) is 0. The molecule has 0 aromatic heterocycles. The van der Waals surface area contributed by atoms with Gasteiger partial charge in [-0.1, -0.05) is 65.3 Å². The van der Waals surface area contributed by atoms with Gasteiger partial charge in [0, 0.05) is 5.94 Å². The molecule has 0 spiro atoms. The van der Waals surface area contributed by atoms with Crippen LogP contribution in [0.4, 0.5) is 0 Å². The van der Waals surface area contributed by atoms with Crippen LogP contribution >= 0.6 is 0 Å². The first kappa shape index (κ1) is 30.0. The van der Waals surface area contributed by atoms with Crippen molar-refractivity contribution in [3.05, 3.63) is 34.9 Å². The summed E-state index contributed by atoms with van der Waals surface area (Å²) in [7, 11) is -3.79. The second kappa shape index (κ2) is 9.57. The number of rotatable bonds is 7. The van der Waals surface area contributed by atoms with Crippen LogP contribution in [0.15, 0.2) is 18.2 Å². The van der Waals surface area contributed by atoms with Crippen molar-refractivity contribution in [2.45, 2.75) is 130 Å². The molecular formula is C30H52BNO4Si2. The van der Waals surface area contributed by atoms with Crippen LogP contribution in [0.2, 0.25) is 39.3 Å². The highest BCUT2D eigenvalue weighted by Crippen LogP contribution is 2.66. The molecule has 1 aromatic rings. The Morgan fingerprint density at radius 2 is 1.71 bits per heavy atom. The fourth-order valence-corrected chi connectivity index (χ4v) is 18.5. The largest absolute Gasteiger partial charge is 0.475 e. The molecule has 1 saturated heterocycles. The number of carbonyl (C=O) groups excluding carboxylic acids is 1. The molecule has 0 N–H and O–H groups in total. The van der Waals surface area contributed by atoms with Gasteiger partial charge in [0.25, 0.3) is 0 Å². The molecule has 4 fully saturated rings. The average Bonchev–Trinajstić information content (AvgIpc) is 3.08. The van der Waals surface area contributed by atoms with E-state index in [0.717, 1.165) is 24.3 Å². The summed E-state index contributed by atoms with van der Waals surface area (Å²) in [6, 6.07) is 6.07. The fraction of sp³-hybridized carbons (Fsp3) is 0.767. The van der Waals surface area contributed by atoms with Crippen LogP contribution in [0.1, 0.15) is 75.9 Å². The lowest BCUT2D eigenvalue weighted by Crippen LogP contribution is -2.68. The number of carbonyl (C=O) groups is 1. The van der Waals surface area contributed by atoms with E-state index in [-0.39, 0.29) is 30.7 Å². The van der Waals surface area contributed by atoms with Crippen LogP contribution in [0.5, 0.6) is 0 Å². The van der Waals surface area contributed by atoms with Crippen LogP contribution < -0.4 is 0 Å². The van der Waals surface area contributed by atoms with E-state index < -0.39 is 22.1 Å². The lowest BCUT2D eigenvalue weighted by molar-refractivity contribution is -0.199. The number of ether oxygens (including phenoxy) is 1. The predicted octanol–water partition coefficient (Wildman–Crippen LogP) is 7.10. The van der Waals surface area contributed by atoms with Gasteiger partial charge in [-0.05, 0) is 88.3 Å². The zero-order chi connectivity index (χ0) is 28.6. The van der Waals surface area contributed by atoms with E-state index in [4.69, 9.17) is 14.0 Å². The molecular weight excluding hydrogens is 505 g/mol. The number of hydrogen-bond donors (Lipinski definition) is 0. The van der Waals surface area contributed by atoms with Gasteiger partial charge >= 0.3 is 13.1 Å². The first-order chi connectivity index (χ1) is 17.2. The molecule has 4 aliphatic rings. The fourth-order valence-electron chi connectivity index (χ4n) is 8.06. The van der Waals surface area contributed by atoms with Gasteiger partial charge in [0.05, 0.1) is 17.3 Å². The van der Waals surface area contributed by atoms with Crippen molar-refractivity contribution in [1.29, 1.82) is 0 Å². The molecule has 3 aliphatic carbocycles. The third kappa shape index (κ3) is 5.37. The third-order valence-electron chi connectivity index (χ3n) is 9.55. The lowest BCUT2D eigenvalue weighted by Gasteiger charge is -2.64. The Balaban J connectivity index is 1.72. The molecule has 212 valence electrons. The molecule has 0 unspecified atom stereocenters. The highest BCUT2D eigenvalue weighted by molar-refractivity contribution is 6.90. The van der Waals surface area contributed by atoms with Crippen molar-refractivity contribution in [3.8, 4) is 0 Å². The van der Waals surface area contributed by atoms with Crippen molar-refractivity contribution >= 4 is 29.6 Å². The van der Waals surface area contributed by atoms with Crippen LogP contribution in [-0.4, -0.2) is 57.0 Å². The van der Waals surface area contributed by atoms with Crippen molar-refractivity contribution in [2.75, 3.05) is 0 Å². The maximum atomic E-state index is 13.1. The van der Waals surface area contributed by atoms with Gasteiger partial charge in [-0.25, -0.2) is 4.79 Å². The summed E-state index contributed by atoms with van der Waals surface area (Å²) < 4.78 is 22.7. The quantitative estimate of drug-likeness (QED) is 0.264. The number of hydrogen-bond acceptors (Lipinski definition) is 5. The summed E-state index contributed by atoms with van der Waals surface area (Å²) in [5.74, 6) is 1.11. The Morgan fingerprint density at radius 3 is 2.24 bits per heavy atom. The van der Waals surface area contributed by atoms with E-state index in [2.05, 4.69) is 77.3 Å². The summed E-state index contributed by atoms with van der Waals surface area (Å²) in [4.78, 5) is 13.1. The SMILES string of the molecule is Cc1c(C[C@@H](B2O[C@@H]3C[C@@H]4C[C@@H](C4(C)C)[C@]3(C)O2)N([Si](C)(C)C)[Si](C)(C)C)cccc1C(=O)OC(C)(C)C. The molecule has 1 heterocycles. The zero-order valence-corrected chi connectivity index (χ0v) is 28.3. The van der Waals surface area contributed by atoms with Crippen molar-refractivity contribution < 1.29 is 18.8 Å². The van der Waals surface area contributed by atoms with Gasteiger partial charge in [-0.15, -0.1) is 0 Å². The molecule has 1 aliphatic heterocycles. The smallest absolute Gasteiger partial charge is 0.456 e. The lowest BCUT2D eigenvalue weighted by atomic mass is 9.43. The maximum absolute atomic E-state index is 13.1. The minimum atomic E-state index is -1.76. The normalized spacial score (nSPS) is 29.6. The minimum Gasteiger partial charge on any atom is -0.456 e. The first-order valence-electron chi connectivity index (χ1n) is 14.6. The Labute approximate surface area is 234 Å². The van der Waals surface area contributed by atoms with Crippen molar-refractivity contribution in [1.82, 2.24) is 4.23 Å². The van der Waals surface area contributed by atoms with E-state index in [1.807, 2.05) is 32.9 Å². The Kier molecular flexibility index (Phi) is 7.57. The molecule has 0 amide bonds. The van der Waals surface area contributed by atoms with Gasteiger partial charge in [-0.3, -0.25) is 0 Å². The summed E-state index contributed by atoms with van der Waals surface area (Å²) >= 11 is 0.